The molecule has 2 unspecified atom stereocenters. The van der Waals surface area contributed by atoms with Crippen LogP contribution < -0.4 is 5.32 Å². The second-order valence-electron chi connectivity index (χ2n) is 5.57. The fourth-order valence-corrected chi connectivity index (χ4v) is 2.81. The number of benzene rings is 1. The Hall–Kier alpha value is -1.55. The number of nitrogens with one attached hydrogen (secondary N) is 1. The first-order valence-corrected chi connectivity index (χ1v) is 7.16. The van der Waals surface area contributed by atoms with Crippen LogP contribution in [0.3, 0.4) is 0 Å². The van der Waals surface area contributed by atoms with Crippen LogP contribution in [0.4, 0.5) is 5.69 Å². The summed E-state index contributed by atoms with van der Waals surface area (Å²) in [6.07, 6.45) is -0.126. The molecule has 4 nitrogen and oxygen atoms in total. The Balaban J connectivity index is 2.42. The minimum absolute atomic E-state index is 0.126. The minimum Gasteiger partial charge on any atom is -0.464 e. The molecule has 0 fully saturated rings. The molecule has 1 N–H and O–H groups in total. The summed E-state index contributed by atoms with van der Waals surface area (Å²) in [7, 11) is 0. The van der Waals surface area contributed by atoms with Crippen molar-refractivity contribution in [1.82, 2.24) is 0 Å². The van der Waals surface area contributed by atoms with E-state index in [1.165, 1.54) is 0 Å². The van der Waals surface area contributed by atoms with Gasteiger partial charge in [-0.25, -0.2) is 4.79 Å². The SMILES string of the molecule is CCOC(=O)C1Nc2ccccc2C(OCC)C1(C)C. The molecule has 0 bridgehead atoms. The summed E-state index contributed by atoms with van der Waals surface area (Å²) in [5.74, 6) is -0.225. The van der Waals surface area contributed by atoms with E-state index in [4.69, 9.17) is 9.47 Å². The summed E-state index contributed by atoms with van der Waals surface area (Å²) in [5, 5.41) is 3.31. The zero-order valence-corrected chi connectivity index (χ0v) is 12.6. The Morgan fingerprint density at radius 1 is 1.25 bits per heavy atom. The van der Waals surface area contributed by atoms with E-state index < -0.39 is 6.04 Å². The van der Waals surface area contributed by atoms with E-state index in [2.05, 4.69) is 5.32 Å². The zero-order valence-electron chi connectivity index (χ0n) is 12.6. The van der Waals surface area contributed by atoms with Gasteiger partial charge in [-0.15, -0.1) is 0 Å². The van der Waals surface area contributed by atoms with Crippen LogP contribution in [0.25, 0.3) is 0 Å². The van der Waals surface area contributed by atoms with Crippen molar-refractivity contribution in [2.45, 2.75) is 39.8 Å². The summed E-state index contributed by atoms with van der Waals surface area (Å²) >= 11 is 0. The van der Waals surface area contributed by atoms with Gasteiger partial charge in [0.2, 0.25) is 0 Å². The number of hydrogen-bond acceptors (Lipinski definition) is 4. The van der Waals surface area contributed by atoms with Gasteiger partial charge in [-0.3, -0.25) is 0 Å². The lowest BCUT2D eigenvalue weighted by atomic mass is 9.73. The van der Waals surface area contributed by atoms with Gasteiger partial charge >= 0.3 is 5.97 Å². The van der Waals surface area contributed by atoms with Gasteiger partial charge in [-0.2, -0.15) is 0 Å². The van der Waals surface area contributed by atoms with Crippen molar-refractivity contribution in [2.24, 2.45) is 5.41 Å². The van der Waals surface area contributed by atoms with Crippen LogP contribution in [0.1, 0.15) is 39.4 Å². The van der Waals surface area contributed by atoms with Crippen LogP contribution in [0.15, 0.2) is 24.3 Å². The number of hydrogen-bond donors (Lipinski definition) is 1. The summed E-state index contributed by atoms with van der Waals surface area (Å²) in [4.78, 5) is 12.2. The maximum absolute atomic E-state index is 12.2. The number of anilines is 1. The average Bonchev–Trinajstić information content (AvgIpc) is 2.42. The van der Waals surface area contributed by atoms with Crippen LogP contribution in [0.5, 0.6) is 0 Å². The van der Waals surface area contributed by atoms with Crippen LogP contribution in [0, 0.1) is 5.41 Å². The van der Waals surface area contributed by atoms with E-state index in [9.17, 15) is 4.79 Å². The van der Waals surface area contributed by atoms with Crippen molar-refractivity contribution in [3.63, 3.8) is 0 Å². The fourth-order valence-electron chi connectivity index (χ4n) is 2.81. The zero-order chi connectivity index (χ0) is 14.8. The first-order chi connectivity index (χ1) is 9.52. The highest BCUT2D eigenvalue weighted by molar-refractivity contribution is 5.82. The van der Waals surface area contributed by atoms with Crippen LogP contribution in [0.2, 0.25) is 0 Å². The van der Waals surface area contributed by atoms with Gasteiger partial charge in [-0.1, -0.05) is 32.0 Å². The molecule has 1 aliphatic rings. The van der Waals surface area contributed by atoms with Crippen molar-refractivity contribution < 1.29 is 14.3 Å². The topological polar surface area (TPSA) is 47.6 Å². The molecule has 0 saturated carbocycles. The Kier molecular flexibility index (Phi) is 4.33. The van der Waals surface area contributed by atoms with Gasteiger partial charge in [0.25, 0.3) is 0 Å². The monoisotopic (exact) mass is 277 g/mol. The van der Waals surface area contributed by atoms with Gasteiger partial charge in [-0.05, 0) is 19.9 Å². The van der Waals surface area contributed by atoms with E-state index in [-0.39, 0.29) is 17.5 Å². The third kappa shape index (κ3) is 2.52. The molecule has 2 rings (SSSR count). The third-order valence-electron chi connectivity index (χ3n) is 3.82. The van der Waals surface area contributed by atoms with E-state index in [0.717, 1.165) is 11.3 Å². The largest absolute Gasteiger partial charge is 0.464 e. The number of fused-ring (bicyclic) bond motifs is 1. The van der Waals surface area contributed by atoms with Crippen LogP contribution in [-0.2, 0) is 14.3 Å². The van der Waals surface area contributed by atoms with Gasteiger partial charge in [0, 0.05) is 23.3 Å². The lowest BCUT2D eigenvalue weighted by Crippen LogP contribution is -2.50. The minimum atomic E-state index is -0.408. The molecule has 4 heteroatoms. The fraction of sp³-hybridized carbons (Fsp3) is 0.562. The molecule has 1 aliphatic heterocycles. The maximum Gasteiger partial charge on any atom is 0.329 e. The van der Waals surface area contributed by atoms with Crippen molar-refractivity contribution >= 4 is 11.7 Å². The van der Waals surface area contributed by atoms with E-state index >= 15 is 0 Å². The Labute approximate surface area is 120 Å². The molecular weight excluding hydrogens is 254 g/mol. The summed E-state index contributed by atoms with van der Waals surface area (Å²) in [5.41, 5.74) is 1.67. The Morgan fingerprint density at radius 3 is 2.60 bits per heavy atom. The molecule has 2 atom stereocenters. The molecule has 0 aromatic heterocycles. The standard InChI is InChI=1S/C16H23NO3/c1-5-19-14-11-9-7-8-10-12(11)17-13(16(14,3)4)15(18)20-6-2/h7-10,13-14,17H,5-6H2,1-4H3. The molecule has 110 valence electrons. The molecule has 0 saturated heterocycles. The maximum atomic E-state index is 12.2. The van der Waals surface area contributed by atoms with E-state index in [0.29, 0.717) is 13.2 Å². The molecule has 0 radical (unpaired) electrons. The average molecular weight is 277 g/mol. The first kappa shape index (κ1) is 14.9. The molecule has 1 aromatic carbocycles. The lowest BCUT2D eigenvalue weighted by Gasteiger charge is -2.44. The molecule has 1 aromatic rings. The number of carbonyl (C=O) groups excluding carboxylic acids is 1. The quantitative estimate of drug-likeness (QED) is 0.859. The normalized spacial score (nSPS) is 23.6. The highest BCUT2D eigenvalue weighted by Gasteiger charge is 2.47. The molecule has 1 heterocycles. The first-order valence-electron chi connectivity index (χ1n) is 7.16. The predicted molar refractivity (Wildman–Crippen MR) is 78.6 cm³/mol. The Bertz CT molecular complexity index is 484. The molecule has 0 amide bonds. The van der Waals surface area contributed by atoms with E-state index in [1.807, 2.05) is 52.0 Å². The number of rotatable bonds is 4. The van der Waals surface area contributed by atoms with Gasteiger partial charge in [0.05, 0.1) is 12.7 Å². The van der Waals surface area contributed by atoms with Crippen molar-refractivity contribution in [1.29, 1.82) is 0 Å². The number of para-hydroxylation sites is 1. The Morgan fingerprint density at radius 2 is 1.95 bits per heavy atom. The summed E-state index contributed by atoms with van der Waals surface area (Å²) < 4.78 is 11.1. The van der Waals surface area contributed by atoms with Gasteiger partial charge in [0.15, 0.2) is 0 Å². The number of ether oxygens (including phenoxy) is 2. The van der Waals surface area contributed by atoms with Crippen LogP contribution in [-0.4, -0.2) is 25.2 Å². The summed E-state index contributed by atoms with van der Waals surface area (Å²) in [6, 6.07) is 7.56. The lowest BCUT2D eigenvalue weighted by molar-refractivity contribution is -0.150. The number of esters is 1. The number of carbonyl (C=O) groups is 1. The summed E-state index contributed by atoms with van der Waals surface area (Å²) in [6.45, 7) is 8.86. The smallest absolute Gasteiger partial charge is 0.329 e. The van der Waals surface area contributed by atoms with Crippen molar-refractivity contribution in [3.8, 4) is 0 Å². The molecule has 20 heavy (non-hydrogen) atoms. The van der Waals surface area contributed by atoms with Crippen molar-refractivity contribution in [2.75, 3.05) is 18.5 Å². The predicted octanol–water partition coefficient (Wildman–Crippen LogP) is 3.15. The van der Waals surface area contributed by atoms with Gasteiger partial charge in [0.1, 0.15) is 6.04 Å². The highest BCUT2D eigenvalue weighted by atomic mass is 16.5. The third-order valence-corrected chi connectivity index (χ3v) is 3.82. The molecular formula is C16H23NO3. The molecule has 0 aliphatic carbocycles. The van der Waals surface area contributed by atoms with Gasteiger partial charge < -0.3 is 14.8 Å². The molecule has 0 spiro atoms. The van der Waals surface area contributed by atoms with Crippen LogP contribution >= 0.6 is 0 Å². The van der Waals surface area contributed by atoms with E-state index in [1.54, 1.807) is 0 Å². The highest BCUT2D eigenvalue weighted by Crippen LogP contribution is 2.47. The van der Waals surface area contributed by atoms with Crippen molar-refractivity contribution in [3.05, 3.63) is 29.8 Å². The second kappa shape index (κ2) is 5.83. The second-order valence-corrected chi connectivity index (χ2v) is 5.57.